The predicted octanol–water partition coefficient (Wildman–Crippen LogP) is 4.32. The van der Waals surface area contributed by atoms with Crippen LogP contribution < -0.4 is 18.5 Å². The summed E-state index contributed by atoms with van der Waals surface area (Å²) in [6, 6.07) is 17.5. The number of carbonyl (C=O) groups is 2. The Morgan fingerprint density at radius 1 is 0.837 bits per heavy atom. The number of benzene rings is 3. The van der Waals surface area contributed by atoms with Gasteiger partial charge in [-0.1, -0.05) is 18.2 Å². The zero-order valence-corrected chi connectivity index (χ0v) is 29.4. The van der Waals surface area contributed by atoms with Crippen LogP contribution in [0.15, 0.2) is 71.6 Å². The van der Waals surface area contributed by atoms with Crippen molar-refractivity contribution in [1.82, 2.24) is 14.7 Å². The zero-order valence-electron chi connectivity index (χ0n) is 28.6. The normalized spacial score (nSPS) is 20.7. The first-order valence-electron chi connectivity index (χ1n) is 16.6. The van der Waals surface area contributed by atoms with Gasteiger partial charge in [0.2, 0.25) is 5.60 Å². The van der Waals surface area contributed by atoms with E-state index < -0.39 is 27.6 Å². The van der Waals surface area contributed by atoms with E-state index >= 15 is 4.79 Å². The predicted molar refractivity (Wildman–Crippen MR) is 184 cm³/mol. The van der Waals surface area contributed by atoms with Gasteiger partial charge in [-0.15, -0.1) is 0 Å². The van der Waals surface area contributed by atoms with Crippen LogP contribution in [-0.2, 0) is 25.2 Å². The molecule has 3 aromatic rings. The fourth-order valence-electron chi connectivity index (χ4n) is 6.88. The molecule has 0 N–H and O–H groups in total. The quantitative estimate of drug-likeness (QED) is 0.321. The second-order valence-corrected chi connectivity index (χ2v) is 14.7. The van der Waals surface area contributed by atoms with E-state index in [0.717, 1.165) is 43.3 Å². The number of rotatable bonds is 9. The van der Waals surface area contributed by atoms with Gasteiger partial charge in [0.05, 0.1) is 36.5 Å². The standard InChI is InChI=1S/C36H44N4O8S/c1-25(2)47-33-9-7-6-8-30(33)36(48-35(42)39-18-16-26(17-19-39)38-22-20-37(3)21-23-38)31-24-28(46-5)12-15-32(31)40(34(36)41)49(43,44)29-13-10-27(45-4)11-14-29/h6-15,24-26H,16-23H2,1-5H3. The number of ether oxygens (including phenoxy) is 4. The molecule has 13 heteroatoms. The maximum atomic E-state index is 15.1. The first-order valence-corrected chi connectivity index (χ1v) is 18.0. The van der Waals surface area contributed by atoms with Crippen molar-refractivity contribution in [2.75, 3.05) is 64.8 Å². The molecule has 3 heterocycles. The summed E-state index contributed by atoms with van der Waals surface area (Å²) in [7, 11) is 0.558. The Labute approximate surface area is 288 Å². The number of sulfonamides is 1. The molecule has 0 bridgehead atoms. The number of hydrogen-bond donors (Lipinski definition) is 0. The maximum absolute atomic E-state index is 15.1. The van der Waals surface area contributed by atoms with Crippen molar-refractivity contribution in [2.45, 2.75) is 49.3 Å². The maximum Gasteiger partial charge on any atom is 0.411 e. The number of piperidine rings is 1. The third-order valence-corrected chi connectivity index (χ3v) is 11.2. The molecule has 0 spiro atoms. The van der Waals surface area contributed by atoms with Gasteiger partial charge in [0.1, 0.15) is 17.2 Å². The number of hydrogen-bond acceptors (Lipinski definition) is 10. The minimum Gasteiger partial charge on any atom is -0.497 e. The summed E-state index contributed by atoms with van der Waals surface area (Å²) < 4.78 is 52.9. The van der Waals surface area contributed by atoms with Crippen LogP contribution in [0.25, 0.3) is 0 Å². The second-order valence-electron chi connectivity index (χ2n) is 12.9. The van der Waals surface area contributed by atoms with Crippen molar-refractivity contribution in [3.05, 3.63) is 77.9 Å². The molecule has 0 saturated carbocycles. The molecule has 1 atom stereocenters. The average Bonchev–Trinajstić information content (AvgIpc) is 3.36. The Morgan fingerprint density at radius 3 is 2.10 bits per heavy atom. The lowest BCUT2D eigenvalue weighted by Gasteiger charge is -2.42. The Hall–Kier alpha value is -4.33. The van der Waals surface area contributed by atoms with Crippen molar-refractivity contribution in [3.8, 4) is 17.2 Å². The molecule has 3 aromatic carbocycles. The molecule has 12 nitrogen and oxygen atoms in total. The number of carbonyl (C=O) groups excluding carboxylic acids is 2. The first-order chi connectivity index (χ1) is 23.5. The molecule has 0 radical (unpaired) electrons. The van der Waals surface area contributed by atoms with Gasteiger partial charge in [0.25, 0.3) is 15.9 Å². The number of anilines is 1. The van der Waals surface area contributed by atoms with Gasteiger partial charge in [-0.25, -0.2) is 13.2 Å². The lowest BCUT2D eigenvalue weighted by Crippen LogP contribution is -2.54. The summed E-state index contributed by atoms with van der Waals surface area (Å²) in [4.78, 5) is 35.6. The zero-order chi connectivity index (χ0) is 34.9. The van der Waals surface area contributed by atoms with Crippen molar-refractivity contribution in [2.24, 2.45) is 0 Å². The van der Waals surface area contributed by atoms with Crippen LogP contribution in [0.2, 0.25) is 0 Å². The van der Waals surface area contributed by atoms with E-state index in [1.165, 1.54) is 44.6 Å². The van der Waals surface area contributed by atoms with Crippen LogP contribution in [-0.4, -0.2) is 108 Å². The van der Waals surface area contributed by atoms with Crippen LogP contribution in [0, 0.1) is 0 Å². The number of methoxy groups -OCH3 is 2. The highest BCUT2D eigenvalue weighted by Crippen LogP contribution is 2.52. The minimum absolute atomic E-state index is 0.0440. The Kier molecular flexibility index (Phi) is 9.79. The molecule has 3 aliphatic heterocycles. The van der Waals surface area contributed by atoms with E-state index in [1.807, 2.05) is 13.8 Å². The van der Waals surface area contributed by atoms with Gasteiger partial charge in [-0.3, -0.25) is 9.69 Å². The molecule has 0 aromatic heterocycles. The fourth-order valence-corrected chi connectivity index (χ4v) is 8.34. The van der Waals surface area contributed by atoms with Crippen molar-refractivity contribution < 1.29 is 37.0 Å². The summed E-state index contributed by atoms with van der Waals surface area (Å²) in [6.45, 7) is 8.51. The minimum atomic E-state index is -4.51. The summed E-state index contributed by atoms with van der Waals surface area (Å²) >= 11 is 0. The largest absolute Gasteiger partial charge is 0.497 e. The number of para-hydroxylation sites is 1. The van der Waals surface area contributed by atoms with Crippen molar-refractivity contribution >= 4 is 27.7 Å². The highest BCUT2D eigenvalue weighted by atomic mass is 32.2. The molecular weight excluding hydrogens is 648 g/mol. The summed E-state index contributed by atoms with van der Waals surface area (Å²) in [5.41, 5.74) is -1.83. The average molecular weight is 693 g/mol. The van der Waals surface area contributed by atoms with Crippen LogP contribution in [0.3, 0.4) is 0 Å². The number of nitrogens with zero attached hydrogens (tertiary/aromatic N) is 4. The van der Waals surface area contributed by atoms with Crippen molar-refractivity contribution in [3.63, 3.8) is 0 Å². The van der Waals surface area contributed by atoms with Crippen LogP contribution in [0.4, 0.5) is 10.5 Å². The molecular formula is C36H44N4O8S. The van der Waals surface area contributed by atoms with Gasteiger partial charge in [0.15, 0.2) is 0 Å². The molecule has 3 aliphatic rings. The number of likely N-dealkylation sites (tertiary alicyclic amines) is 1. The van der Waals surface area contributed by atoms with Crippen LogP contribution >= 0.6 is 0 Å². The van der Waals surface area contributed by atoms with Crippen LogP contribution in [0.1, 0.15) is 37.8 Å². The first kappa shape index (κ1) is 34.5. The summed E-state index contributed by atoms with van der Waals surface area (Å²) in [6.07, 6.45) is 0.495. The van der Waals surface area contributed by atoms with E-state index in [4.69, 9.17) is 18.9 Å². The smallest absolute Gasteiger partial charge is 0.411 e. The van der Waals surface area contributed by atoms with Gasteiger partial charge in [0, 0.05) is 50.9 Å². The third-order valence-electron chi connectivity index (χ3n) is 9.53. The lowest BCUT2D eigenvalue weighted by molar-refractivity contribution is -0.132. The number of fused-ring (bicyclic) bond motifs is 1. The Balaban J connectivity index is 1.43. The van der Waals surface area contributed by atoms with Crippen molar-refractivity contribution in [1.29, 1.82) is 0 Å². The molecule has 49 heavy (non-hydrogen) atoms. The second kappa shape index (κ2) is 13.9. The SMILES string of the molecule is COc1ccc(S(=O)(=O)N2C(=O)C(OC(=O)N3CCC(N4CCN(C)CC4)CC3)(c3ccccc3OC(C)C)c3cc(OC)ccc32)cc1. The Bertz CT molecular complexity index is 1780. The molecule has 2 amide bonds. The third kappa shape index (κ3) is 6.42. The van der Waals surface area contributed by atoms with E-state index in [2.05, 4.69) is 16.8 Å². The summed E-state index contributed by atoms with van der Waals surface area (Å²) in [5.74, 6) is 0.124. The number of amides is 2. The van der Waals surface area contributed by atoms with E-state index in [9.17, 15) is 13.2 Å². The number of piperazine rings is 1. The fraction of sp³-hybridized carbons (Fsp3) is 0.444. The van der Waals surface area contributed by atoms with E-state index in [-0.39, 0.29) is 33.6 Å². The van der Waals surface area contributed by atoms with E-state index in [1.54, 1.807) is 41.3 Å². The summed E-state index contributed by atoms with van der Waals surface area (Å²) in [5, 5.41) is 0. The highest BCUT2D eigenvalue weighted by Gasteiger charge is 2.61. The van der Waals surface area contributed by atoms with Gasteiger partial charge in [-0.2, -0.15) is 4.31 Å². The monoisotopic (exact) mass is 692 g/mol. The van der Waals surface area contributed by atoms with Gasteiger partial charge < -0.3 is 28.7 Å². The van der Waals surface area contributed by atoms with Gasteiger partial charge >= 0.3 is 6.09 Å². The molecule has 1 unspecified atom stereocenters. The van der Waals surface area contributed by atoms with E-state index in [0.29, 0.717) is 30.6 Å². The molecule has 0 aliphatic carbocycles. The molecule has 2 fully saturated rings. The molecule has 262 valence electrons. The lowest BCUT2D eigenvalue weighted by atomic mass is 9.86. The Morgan fingerprint density at radius 2 is 1.47 bits per heavy atom. The number of likely N-dealkylation sites (N-methyl/N-ethyl adjacent to an activating group) is 1. The topological polar surface area (TPSA) is 118 Å². The van der Waals surface area contributed by atoms with Gasteiger partial charge in [-0.05, 0) is 82.3 Å². The highest BCUT2D eigenvalue weighted by molar-refractivity contribution is 7.93. The molecule has 2 saturated heterocycles. The van der Waals surface area contributed by atoms with Crippen LogP contribution in [0.5, 0.6) is 17.2 Å². The molecule has 6 rings (SSSR count).